The molecule has 0 amide bonds. The first kappa shape index (κ1) is 15.5. The average Bonchev–Trinajstić information content (AvgIpc) is 2.48. The summed E-state index contributed by atoms with van der Waals surface area (Å²) in [7, 11) is 4.17. The van der Waals surface area contributed by atoms with Crippen molar-refractivity contribution in [3.63, 3.8) is 0 Å². The van der Waals surface area contributed by atoms with Gasteiger partial charge in [-0.1, -0.05) is 0 Å². The second-order valence-electron chi connectivity index (χ2n) is 6.89. The molecule has 0 N–H and O–H groups in total. The van der Waals surface area contributed by atoms with Gasteiger partial charge in [0.05, 0.1) is 0 Å². The monoisotopic (exact) mass is 302 g/mol. The molecule has 0 aromatic carbocycles. The van der Waals surface area contributed by atoms with Crippen LogP contribution in [0.25, 0.3) is 0 Å². The number of ketones is 2. The van der Waals surface area contributed by atoms with Gasteiger partial charge in [-0.3, -0.25) is 9.59 Å². The first-order valence-electron chi connectivity index (χ1n) is 8.50. The van der Waals surface area contributed by atoms with Gasteiger partial charge < -0.3 is 9.80 Å². The van der Waals surface area contributed by atoms with Gasteiger partial charge in [-0.05, 0) is 52.7 Å². The van der Waals surface area contributed by atoms with E-state index in [1.165, 1.54) is 11.4 Å². The van der Waals surface area contributed by atoms with Crippen LogP contribution < -0.4 is 0 Å². The zero-order valence-corrected chi connectivity index (χ0v) is 13.8. The van der Waals surface area contributed by atoms with Crippen molar-refractivity contribution < 1.29 is 9.59 Å². The van der Waals surface area contributed by atoms with Gasteiger partial charge in [0, 0.05) is 48.3 Å². The minimum Gasteiger partial charge on any atom is -0.348 e. The molecule has 3 rings (SSSR count). The summed E-state index contributed by atoms with van der Waals surface area (Å²) in [4.78, 5) is 29.1. The van der Waals surface area contributed by atoms with Crippen molar-refractivity contribution in [2.45, 2.75) is 51.4 Å². The Hall–Kier alpha value is -1.42. The Morgan fingerprint density at radius 2 is 1.45 bits per heavy atom. The topological polar surface area (TPSA) is 40.6 Å². The van der Waals surface area contributed by atoms with Crippen LogP contribution in [0.4, 0.5) is 0 Å². The summed E-state index contributed by atoms with van der Waals surface area (Å²) in [6, 6.07) is 0. The average molecular weight is 302 g/mol. The van der Waals surface area contributed by atoms with E-state index >= 15 is 0 Å². The van der Waals surface area contributed by atoms with Crippen molar-refractivity contribution in [3.05, 3.63) is 22.5 Å². The molecule has 0 radical (unpaired) electrons. The number of allylic oxidation sites excluding steroid dienone is 4. The number of Topliss-reactive ketones (excluding diaryl/α,β-unsaturated/α-hetero) is 2. The number of rotatable bonds is 4. The molecule has 0 unspecified atom stereocenters. The summed E-state index contributed by atoms with van der Waals surface area (Å²) >= 11 is 0. The first-order chi connectivity index (χ1) is 10.6. The van der Waals surface area contributed by atoms with Crippen LogP contribution in [0.2, 0.25) is 0 Å². The quantitative estimate of drug-likeness (QED) is 0.800. The summed E-state index contributed by atoms with van der Waals surface area (Å²) in [6.07, 6.45) is 6.87. The van der Waals surface area contributed by atoms with Crippen LogP contribution in [0, 0.1) is 0 Å². The van der Waals surface area contributed by atoms with Gasteiger partial charge in [0.1, 0.15) is 0 Å². The normalized spacial score (nSPS) is 22.4. The van der Waals surface area contributed by atoms with Crippen LogP contribution in [0.5, 0.6) is 0 Å². The molecular weight excluding hydrogens is 276 g/mol. The van der Waals surface area contributed by atoms with Crippen molar-refractivity contribution in [1.82, 2.24) is 9.80 Å². The zero-order valence-electron chi connectivity index (χ0n) is 13.8. The van der Waals surface area contributed by atoms with E-state index < -0.39 is 0 Å². The van der Waals surface area contributed by atoms with E-state index in [2.05, 4.69) is 23.9 Å². The first-order valence-corrected chi connectivity index (χ1v) is 8.50. The van der Waals surface area contributed by atoms with Crippen LogP contribution in [0.15, 0.2) is 22.5 Å². The van der Waals surface area contributed by atoms with Crippen LogP contribution >= 0.6 is 0 Å². The highest BCUT2D eigenvalue weighted by Gasteiger charge is 2.35. The largest absolute Gasteiger partial charge is 0.348 e. The molecule has 0 aromatic heterocycles. The van der Waals surface area contributed by atoms with Crippen molar-refractivity contribution in [1.29, 1.82) is 0 Å². The van der Waals surface area contributed by atoms with Crippen molar-refractivity contribution in [3.8, 4) is 0 Å². The van der Waals surface area contributed by atoms with Crippen molar-refractivity contribution >= 4 is 11.6 Å². The van der Waals surface area contributed by atoms with Gasteiger partial charge in [-0.25, -0.2) is 0 Å². The lowest BCUT2D eigenvalue weighted by Crippen LogP contribution is -2.36. The van der Waals surface area contributed by atoms with Crippen molar-refractivity contribution in [2.24, 2.45) is 0 Å². The van der Waals surface area contributed by atoms with Gasteiger partial charge in [-0.2, -0.15) is 0 Å². The number of carbonyl (C=O) groups is 2. The molecule has 0 bridgehead atoms. The molecular formula is C18H26N2O2. The SMILES string of the molecule is CN(C)CCCN1C2=C(CC3=C1CCCC3=O)C(=O)CCC2. The standard InChI is InChI=1S/C18H26N2O2/c1-19(2)10-5-11-20-15-6-3-8-17(21)13(15)12-14-16(20)7-4-9-18(14)22/h3-12H2,1-2H3. The number of nitrogens with zero attached hydrogens (tertiary/aromatic N) is 2. The van der Waals surface area contributed by atoms with Crippen LogP contribution in [0.1, 0.15) is 51.4 Å². The molecule has 2 aliphatic carbocycles. The molecule has 0 aromatic rings. The summed E-state index contributed by atoms with van der Waals surface area (Å²) in [5, 5.41) is 0. The lowest BCUT2D eigenvalue weighted by atomic mass is 9.80. The number of hydrogen-bond donors (Lipinski definition) is 0. The smallest absolute Gasteiger partial charge is 0.160 e. The van der Waals surface area contributed by atoms with E-state index in [1.807, 2.05) is 0 Å². The minimum absolute atomic E-state index is 0.267. The Bertz CT molecular complexity index is 515. The van der Waals surface area contributed by atoms with Gasteiger partial charge >= 0.3 is 0 Å². The fourth-order valence-corrected chi connectivity index (χ4v) is 3.91. The molecule has 0 atom stereocenters. The molecule has 0 fully saturated rings. The lowest BCUT2D eigenvalue weighted by molar-refractivity contribution is -0.117. The predicted molar refractivity (Wildman–Crippen MR) is 86.3 cm³/mol. The highest BCUT2D eigenvalue weighted by molar-refractivity contribution is 6.03. The lowest BCUT2D eigenvalue weighted by Gasteiger charge is -2.40. The van der Waals surface area contributed by atoms with Crippen molar-refractivity contribution in [2.75, 3.05) is 27.2 Å². The Morgan fingerprint density at radius 1 is 0.909 bits per heavy atom. The molecule has 0 saturated carbocycles. The van der Waals surface area contributed by atoms with E-state index in [1.54, 1.807) is 0 Å². The van der Waals surface area contributed by atoms with Gasteiger partial charge in [0.25, 0.3) is 0 Å². The summed E-state index contributed by atoms with van der Waals surface area (Å²) < 4.78 is 0. The Balaban J connectivity index is 1.89. The summed E-state index contributed by atoms with van der Waals surface area (Å²) in [5.74, 6) is 0.535. The van der Waals surface area contributed by atoms with E-state index in [4.69, 9.17) is 0 Å². The maximum atomic E-state index is 12.3. The number of carbonyl (C=O) groups excluding carboxylic acids is 2. The van der Waals surface area contributed by atoms with E-state index in [-0.39, 0.29) is 11.6 Å². The number of hydrogen-bond acceptors (Lipinski definition) is 4. The third-order valence-electron chi connectivity index (χ3n) is 5.00. The Kier molecular flexibility index (Phi) is 4.48. The Labute approximate surface area is 132 Å². The summed E-state index contributed by atoms with van der Waals surface area (Å²) in [6.45, 7) is 1.96. The second-order valence-corrected chi connectivity index (χ2v) is 6.89. The fraction of sp³-hybridized carbons (Fsp3) is 0.667. The van der Waals surface area contributed by atoms with Gasteiger partial charge in [0.2, 0.25) is 0 Å². The highest BCUT2D eigenvalue weighted by Crippen LogP contribution is 2.41. The van der Waals surface area contributed by atoms with Crippen LogP contribution in [-0.4, -0.2) is 48.6 Å². The molecule has 22 heavy (non-hydrogen) atoms. The van der Waals surface area contributed by atoms with Crippen LogP contribution in [-0.2, 0) is 9.59 Å². The van der Waals surface area contributed by atoms with Crippen LogP contribution in [0.3, 0.4) is 0 Å². The second kappa shape index (κ2) is 6.37. The highest BCUT2D eigenvalue weighted by atomic mass is 16.1. The van der Waals surface area contributed by atoms with E-state index in [0.29, 0.717) is 19.3 Å². The fourth-order valence-electron chi connectivity index (χ4n) is 3.91. The minimum atomic E-state index is 0.267. The predicted octanol–water partition coefficient (Wildman–Crippen LogP) is 2.66. The molecule has 4 heteroatoms. The molecule has 3 aliphatic rings. The maximum absolute atomic E-state index is 12.3. The van der Waals surface area contributed by atoms with E-state index in [0.717, 1.165) is 56.3 Å². The molecule has 120 valence electrons. The molecule has 4 nitrogen and oxygen atoms in total. The Morgan fingerprint density at radius 3 is 1.95 bits per heavy atom. The summed E-state index contributed by atoms with van der Waals surface area (Å²) in [5.41, 5.74) is 4.32. The zero-order chi connectivity index (χ0) is 15.7. The maximum Gasteiger partial charge on any atom is 0.160 e. The molecule has 1 aliphatic heterocycles. The third kappa shape index (κ3) is 2.89. The van der Waals surface area contributed by atoms with E-state index in [9.17, 15) is 9.59 Å². The molecule has 0 saturated heterocycles. The molecule has 0 spiro atoms. The molecule has 1 heterocycles. The van der Waals surface area contributed by atoms with Gasteiger partial charge in [-0.15, -0.1) is 0 Å². The van der Waals surface area contributed by atoms with Gasteiger partial charge in [0.15, 0.2) is 11.6 Å². The third-order valence-corrected chi connectivity index (χ3v) is 5.00.